The van der Waals surface area contributed by atoms with Crippen molar-refractivity contribution in [2.45, 2.75) is 31.3 Å². The van der Waals surface area contributed by atoms with E-state index in [1.54, 1.807) is 0 Å². The van der Waals surface area contributed by atoms with E-state index in [-0.39, 0.29) is 13.1 Å². The third-order valence-corrected chi connectivity index (χ3v) is 2.49. The molecule has 0 aromatic rings. The predicted molar refractivity (Wildman–Crippen MR) is 68.0 cm³/mol. The Kier molecular flexibility index (Phi) is 8.65. The summed E-state index contributed by atoms with van der Waals surface area (Å²) in [5, 5.41) is 39.6. The fraction of sp³-hybridized carbons (Fsp3) is 0.636. The van der Waals surface area contributed by atoms with Crippen LogP contribution >= 0.6 is 0 Å². The van der Waals surface area contributed by atoms with E-state index in [9.17, 15) is 19.2 Å². The number of nitrogens with one attached hydrogen (secondary N) is 2. The summed E-state index contributed by atoms with van der Waals surface area (Å²) >= 11 is 0. The van der Waals surface area contributed by atoms with Gasteiger partial charge in [-0.25, -0.2) is 0 Å². The smallest absolute Gasteiger partial charge is 0.321 e. The van der Waals surface area contributed by atoms with Gasteiger partial charge in [-0.2, -0.15) is 0 Å². The molecular weight excluding hydrogens is 288 g/mol. The molecule has 0 saturated heterocycles. The summed E-state index contributed by atoms with van der Waals surface area (Å²) in [6.45, 7) is 0.299. The molecule has 0 spiro atoms. The summed E-state index contributed by atoms with van der Waals surface area (Å²) in [4.78, 5) is 42.3. The van der Waals surface area contributed by atoms with Crippen LogP contribution in [-0.2, 0) is 19.2 Å². The first-order valence-corrected chi connectivity index (χ1v) is 6.10. The maximum absolute atomic E-state index is 10.7. The van der Waals surface area contributed by atoms with Crippen molar-refractivity contribution in [2.24, 2.45) is 0 Å². The first-order chi connectivity index (χ1) is 9.73. The first-order valence-electron chi connectivity index (χ1n) is 6.10. The highest BCUT2D eigenvalue weighted by Gasteiger charge is 2.21. The normalized spacial score (nSPS) is 13.3. The molecule has 21 heavy (non-hydrogen) atoms. The maximum atomic E-state index is 10.7. The van der Waals surface area contributed by atoms with Gasteiger partial charge in [0.25, 0.3) is 0 Å². The highest BCUT2D eigenvalue weighted by atomic mass is 16.4. The van der Waals surface area contributed by atoms with Crippen molar-refractivity contribution in [1.82, 2.24) is 10.6 Å². The minimum absolute atomic E-state index is 0.149. The molecule has 0 rings (SSSR count). The SMILES string of the molecule is O=C(O)C[C@H](NCCCN[C@@H](CC(=O)O)C(=O)O)C(=O)O. The van der Waals surface area contributed by atoms with Crippen molar-refractivity contribution in [3.8, 4) is 0 Å². The minimum atomic E-state index is -1.29. The van der Waals surface area contributed by atoms with Crippen LogP contribution in [0, 0.1) is 0 Å². The van der Waals surface area contributed by atoms with E-state index in [2.05, 4.69) is 10.6 Å². The van der Waals surface area contributed by atoms with Gasteiger partial charge in [0.15, 0.2) is 0 Å². The topological polar surface area (TPSA) is 173 Å². The molecule has 0 aromatic heterocycles. The van der Waals surface area contributed by atoms with Crippen LogP contribution in [0.1, 0.15) is 19.3 Å². The Hall–Kier alpha value is -2.20. The van der Waals surface area contributed by atoms with Gasteiger partial charge in [0.1, 0.15) is 12.1 Å². The Morgan fingerprint density at radius 3 is 1.29 bits per heavy atom. The lowest BCUT2D eigenvalue weighted by molar-refractivity contribution is -0.146. The average molecular weight is 306 g/mol. The van der Waals surface area contributed by atoms with E-state index in [4.69, 9.17) is 20.4 Å². The van der Waals surface area contributed by atoms with Crippen LogP contribution in [-0.4, -0.2) is 69.5 Å². The molecular formula is C11H18N2O8. The van der Waals surface area contributed by atoms with E-state index in [0.717, 1.165) is 0 Å². The van der Waals surface area contributed by atoms with Gasteiger partial charge in [-0.3, -0.25) is 19.2 Å². The zero-order chi connectivity index (χ0) is 16.4. The molecule has 120 valence electrons. The van der Waals surface area contributed by atoms with Gasteiger partial charge in [-0.05, 0) is 19.5 Å². The van der Waals surface area contributed by atoms with Crippen LogP contribution in [0.5, 0.6) is 0 Å². The first kappa shape index (κ1) is 18.8. The number of hydrogen-bond donors (Lipinski definition) is 6. The van der Waals surface area contributed by atoms with Gasteiger partial charge in [0.05, 0.1) is 12.8 Å². The van der Waals surface area contributed by atoms with E-state index in [1.165, 1.54) is 0 Å². The van der Waals surface area contributed by atoms with E-state index >= 15 is 0 Å². The second-order valence-electron chi connectivity index (χ2n) is 4.24. The summed E-state index contributed by atoms with van der Waals surface area (Å²) in [6, 6.07) is -2.45. The highest BCUT2D eigenvalue weighted by Crippen LogP contribution is 1.95. The molecule has 0 bridgehead atoms. The van der Waals surface area contributed by atoms with Crippen molar-refractivity contribution in [3.05, 3.63) is 0 Å². The van der Waals surface area contributed by atoms with Gasteiger partial charge in [0.2, 0.25) is 0 Å². The Morgan fingerprint density at radius 2 is 1.05 bits per heavy atom. The molecule has 10 nitrogen and oxygen atoms in total. The molecule has 0 aliphatic carbocycles. The molecule has 10 heteroatoms. The monoisotopic (exact) mass is 306 g/mol. The zero-order valence-electron chi connectivity index (χ0n) is 11.1. The zero-order valence-corrected chi connectivity index (χ0v) is 11.1. The molecule has 0 heterocycles. The molecule has 0 aliphatic heterocycles. The summed E-state index contributed by atoms with van der Waals surface area (Å²) < 4.78 is 0. The fourth-order valence-corrected chi connectivity index (χ4v) is 1.48. The van der Waals surface area contributed by atoms with Gasteiger partial charge in [-0.1, -0.05) is 0 Å². The lowest BCUT2D eigenvalue weighted by Crippen LogP contribution is -2.42. The molecule has 0 radical (unpaired) electrons. The third kappa shape index (κ3) is 9.35. The van der Waals surface area contributed by atoms with Crippen molar-refractivity contribution < 1.29 is 39.6 Å². The average Bonchev–Trinajstić information content (AvgIpc) is 2.34. The Balaban J connectivity index is 4.01. The minimum Gasteiger partial charge on any atom is -0.481 e. The summed E-state index contributed by atoms with van der Waals surface area (Å²) in [6.07, 6.45) is -0.828. The standard InChI is InChI=1S/C11H18N2O8/c14-8(15)4-6(10(18)19)12-2-1-3-13-7(11(20)21)5-9(16)17/h6-7,12-13H,1-5H2,(H,14,15)(H,16,17)(H,18,19)(H,20,21)/t6-,7-/m0/s1. The van der Waals surface area contributed by atoms with Crippen molar-refractivity contribution in [3.63, 3.8) is 0 Å². The van der Waals surface area contributed by atoms with E-state index < -0.39 is 48.8 Å². The number of carbonyl (C=O) groups is 4. The Morgan fingerprint density at radius 1 is 0.714 bits per heavy atom. The van der Waals surface area contributed by atoms with Crippen LogP contribution in [0.25, 0.3) is 0 Å². The number of hydrogen-bond acceptors (Lipinski definition) is 6. The molecule has 0 amide bonds. The van der Waals surface area contributed by atoms with Crippen molar-refractivity contribution in [1.29, 1.82) is 0 Å². The van der Waals surface area contributed by atoms with Gasteiger partial charge >= 0.3 is 23.9 Å². The number of carboxylic acid groups (broad SMARTS) is 4. The van der Waals surface area contributed by atoms with Crippen LogP contribution in [0.3, 0.4) is 0 Å². The molecule has 0 aromatic carbocycles. The molecule has 0 unspecified atom stereocenters. The number of aliphatic carboxylic acids is 4. The summed E-state index contributed by atoms with van der Waals surface area (Å²) in [5.74, 6) is -5.08. The van der Waals surface area contributed by atoms with Crippen LogP contribution < -0.4 is 10.6 Å². The summed E-state index contributed by atoms with van der Waals surface area (Å²) in [5.41, 5.74) is 0. The second kappa shape index (κ2) is 9.66. The lowest BCUT2D eigenvalue weighted by Gasteiger charge is -2.14. The molecule has 6 N–H and O–H groups in total. The molecule has 2 atom stereocenters. The summed E-state index contributed by atoms with van der Waals surface area (Å²) in [7, 11) is 0. The number of carboxylic acids is 4. The number of rotatable bonds is 12. The highest BCUT2D eigenvalue weighted by molar-refractivity contribution is 5.81. The maximum Gasteiger partial charge on any atom is 0.321 e. The van der Waals surface area contributed by atoms with Gasteiger partial charge in [-0.15, -0.1) is 0 Å². The van der Waals surface area contributed by atoms with E-state index in [0.29, 0.717) is 6.42 Å². The Labute approximate surface area is 119 Å². The molecule has 0 fully saturated rings. The second-order valence-corrected chi connectivity index (χ2v) is 4.24. The largest absolute Gasteiger partial charge is 0.481 e. The lowest BCUT2D eigenvalue weighted by atomic mass is 10.2. The Bertz CT molecular complexity index is 362. The van der Waals surface area contributed by atoms with Crippen molar-refractivity contribution in [2.75, 3.05) is 13.1 Å². The van der Waals surface area contributed by atoms with Crippen LogP contribution in [0.4, 0.5) is 0 Å². The fourth-order valence-electron chi connectivity index (χ4n) is 1.48. The van der Waals surface area contributed by atoms with Gasteiger partial charge in [0, 0.05) is 0 Å². The quantitative estimate of drug-likeness (QED) is 0.231. The molecule has 0 aliphatic rings. The van der Waals surface area contributed by atoms with Crippen LogP contribution in [0.2, 0.25) is 0 Å². The molecule has 0 saturated carbocycles. The van der Waals surface area contributed by atoms with Crippen molar-refractivity contribution >= 4 is 23.9 Å². The third-order valence-electron chi connectivity index (χ3n) is 2.49. The van der Waals surface area contributed by atoms with E-state index in [1.807, 2.05) is 0 Å². The van der Waals surface area contributed by atoms with Gasteiger partial charge < -0.3 is 31.1 Å². The predicted octanol–water partition coefficient (Wildman–Crippen LogP) is -1.59. The van der Waals surface area contributed by atoms with Crippen LogP contribution in [0.15, 0.2) is 0 Å².